The molecule has 2 aromatic rings. The summed E-state index contributed by atoms with van der Waals surface area (Å²) in [5, 5.41) is 9.63. The molecule has 0 amide bonds. The van der Waals surface area contributed by atoms with Crippen LogP contribution in [0.25, 0.3) is 11.1 Å². The number of carboxylic acids is 1. The third-order valence-corrected chi connectivity index (χ3v) is 8.64. The Morgan fingerprint density at radius 1 is 0.590 bits per heavy atom. The van der Waals surface area contributed by atoms with Gasteiger partial charge in [-0.3, -0.25) is 4.79 Å². The third-order valence-electron chi connectivity index (χ3n) is 8.64. The summed E-state index contributed by atoms with van der Waals surface area (Å²) in [5.41, 5.74) is 5.26. The predicted molar refractivity (Wildman–Crippen MR) is 169 cm³/mol. The molecule has 0 radical (unpaired) electrons. The van der Waals surface area contributed by atoms with E-state index in [4.69, 9.17) is 0 Å². The lowest BCUT2D eigenvalue weighted by Gasteiger charge is -2.24. The van der Waals surface area contributed by atoms with Crippen molar-refractivity contribution in [2.45, 2.75) is 149 Å². The number of unbranched alkanes of at least 4 members (excludes halogenated alkanes) is 15. The van der Waals surface area contributed by atoms with E-state index in [9.17, 15) is 9.90 Å². The van der Waals surface area contributed by atoms with E-state index in [2.05, 4.69) is 62.4 Å². The highest BCUT2D eigenvalue weighted by Crippen LogP contribution is 2.35. The highest BCUT2D eigenvalue weighted by Gasteiger charge is 2.31. The molecule has 0 spiro atoms. The second-order valence-electron chi connectivity index (χ2n) is 12.2. The van der Waals surface area contributed by atoms with Gasteiger partial charge in [0.05, 0.1) is 5.41 Å². The van der Waals surface area contributed by atoms with Crippen LogP contribution in [-0.4, -0.2) is 11.1 Å². The van der Waals surface area contributed by atoms with E-state index in [1.54, 1.807) is 0 Å². The normalized spacial score (nSPS) is 13.2. The molecule has 2 heteroatoms. The first-order valence-corrected chi connectivity index (χ1v) is 16.4. The summed E-state index contributed by atoms with van der Waals surface area (Å²) in [7, 11) is 0. The number of hydrogen-bond donors (Lipinski definition) is 1. The van der Waals surface area contributed by atoms with Gasteiger partial charge in [-0.05, 0) is 48.4 Å². The molecule has 2 nitrogen and oxygen atoms in total. The van der Waals surface area contributed by atoms with Crippen molar-refractivity contribution in [2.24, 2.45) is 5.41 Å². The monoisotopic (exact) mass is 534 g/mol. The average molecular weight is 535 g/mol. The molecule has 39 heavy (non-hydrogen) atoms. The third kappa shape index (κ3) is 12.7. The van der Waals surface area contributed by atoms with Crippen molar-refractivity contribution < 1.29 is 9.90 Å². The lowest BCUT2D eigenvalue weighted by atomic mass is 9.80. The van der Waals surface area contributed by atoms with Gasteiger partial charge in [0.25, 0.3) is 0 Å². The van der Waals surface area contributed by atoms with Crippen molar-refractivity contribution in [3.63, 3.8) is 0 Å². The van der Waals surface area contributed by atoms with Crippen molar-refractivity contribution >= 4 is 5.97 Å². The SMILES string of the molecule is CCCCCCCCCCCCCC(C)(CCCCCCCC)C(=O)O.c1ccc2c(c1)Cc1ccccc1-2. The fourth-order valence-corrected chi connectivity index (χ4v) is 5.89. The Labute approximate surface area is 241 Å². The Balaban J connectivity index is 0.000000333. The molecule has 1 aliphatic carbocycles. The van der Waals surface area contributed by atoms with Gasteiger partial charge in [0.15, 0.2) is 0 Å². The zero-order chi connectivity index (χ0) is 28.2. The topological polar surface area (TPSA) is 37.3 Å². The fourth-order valence-electron chi connectivity index (χ4n) is 5.89. The standard InChI is InChI=1S/C24H48O2.C13H10/c1-4-6-8-10-12-13-14-15-16-18-20-22-24(3,23(25)26)21-19-17-11-9-7-5-2;1-3-7-12-10(5-1)9-11-6-2-4-8-13(11)12/h4-22H2,1-3H3,(H,25,26);1-8H,9H2. The Morgan fingerprint density at radius 2 is 0.923 bits per heavy atom. The summed E-state index contributed by atoms with van der Waals surface area (Å²) in [4.78, 5) is 11.7. The van der Waals surface area contributed by atoms with E-state index >= 15 is 0 Å². The molecule has 1 aliphatic rings. The van der Waals surface area contributed by atoms with Crippen LogP contribution in [0.1, 0.15) is 154 Å². The Morgan fingerprint density at radius 3 is 1.28 bits per heavy atom. The summed E-state index contributed by atoms with van der Waals surface area (Å²) in [6, 6.07) is 17.3. The lowest BCUT2D eigenvalue weighted by Crippen LogP contribution is -2.27. The van der Waals surface area contributed by atoms with Crippen molar-refractivity contribution in [2.75, 3.05) is 0 Å². The molecule has 2 aromatic carbocycles. The van der Waals surface area contributed by atoms with Gasteiger partial charge in [0.1, 0.15) is 0 Å². The maximum atomic E-state index is 11.7. The summed E-state index contributed by atoms with van der Waals surface area (Å²) in [6.07, 6.45) is 24.8. The molecule has 0 saturated carbocycles. The van der Waals surface area contributed by atoms with Gasteiger partial charge in [-0.2, -0.15) is 0 Å². The minimum Gasteiger partial charge on any atom is -0.481 e. The smallest absolute Gasteiger partial charge is 0.309 e. The van der Waals surface area contributed by atoms with Gasteiger partial charge < -0.3 is 5.11 Å². The molecular weight excluding hydrogens is 476 g/mol. The number of benzene rings is 2. The maximum absolute atomic E-state index is 11.7. The van der Waals surface area contributed by atoms with Crippen LogP contribution in [0.15, 0.2) is 48.5 Å². The first kappa shape index (κ1) is 33.1. The highest BCUT2D eigenvalue weighted by molar-refractivity contribution is 5.76. The van der Waals surface area contributed by atoms with Crippen LogP contribution in [0.5, 0.6) is 0 Å². The van der Waals surface area contributed by atoms with Crippen LogP contribution in [0.4, 0.5) is 0 Å². The van der Waals surface area contributed by atoms with Gasteiger partial charge in [-0.1, -0.05) is 172 Å². The fraction of sp³-hybridized carbons (Fsp3) is 0.649. The zero-order valence-corrected chi connectivity index (χ0v) is 25.6. The second-order valence-corrected chi connectivity index (χ2v) is 12.2. The molecule has 0 saturated heterocycles. The number of aliphatic carboxylic acids is 1. The van der Waals surface area contributed by atoms with Gasteiger partial charge >= 0.3 is 5.97 Å². The summed E-state index contributed by atoms with van der Waals surface area (Å²) in [5.74, 6) is -0.585. The van der Waals surface area contributed by atoms with Crippen LogP contribution >= 0.6 is 0 Å². The number of carboxylic acid groups (broad SMARTS) is 1. The van der Waals surface area contributed by atoms with Crippen LogP contribution in [-0.2, 0) is 11.2 Å². The highest BCUT2D eigenvalue weighted by atomic mass is 16.4. The number of carbonyl (C=O) groups is 1. The molecule has 1 unspecified atom stereocenters. The van der Waals surface area contributed by atoms with Crippen LogP contribution in [0, 0.1) is 5.41 Å². The molecule has 0 heterocycles. The lowest BCUT2D eigenvalue weighted by molar-refractivity contribution is -0.149. The quantitative estimate of drug-likeness (QED) is 0.146. The van der Waals surface area contributed by atoms with E-state index in [1.165, 1.54) is 119 Å². The van der Waals surface area contributed by atoms with Gasteiger partial charge in [0.2, 0.25) is 0 Å². The summed E-state index contributed by atoms with van der Waals surface area (Å²) >= 11 is 0. The molecule has 1 atom stereocenters. The van der Waals surface area contributed by atoms with Crippen molar-refractivity contribution in [3.8, 4) is 11.1 Å². The Kier molecular flexibility index (Phi) is 16.9. The second kappa shape index (κ2) is 19.9. The molecular formula is C37H58O2. The Bertz CT molecular complexity index is 874. The van der Waals surface area contributed by atoms with E-state index in [1.807, 2.05) is 6.92 Å². The van der Waals surface area contributed by atoms with Gasteiger partial charge in [-0.25, -0.2) is 0 Å². The number of rotatable bonds is 20. The largest absolute Gasteiger partial charge is 0.481 e. The minimum absolute atomic E-state index is 0.496. The summed E-state index contributed by atoms with van der Waals surface area (Å²) in [6.45, 7) is 6.47. The zero-order valence-electron chi connectivity index (χ0n) is 25.6. The van der Waals surface area contributed by atoms with E-state index in [0.717, 1.165) is 32.1 Å². The van der Waals surface area contributed by atoms with E-state index in [-0.39, 0.29) is 0 Å². The van der Waals surface area contributed by atoms with Gasteiger partial charge in [-0.15, -0.1) is 0 Å². The molecule has 0 bridgehead atoms. The predicted octanol–water partition coefficient (Wildman–Crippen LogP) is 11.8. The number of hydrogen-bond acceptors (Lipinski definition) is 1. The minimum atomic E-state index is -0.585. The average Bonchev–Trinajstić information content (AvgIpc) is 3.33. The maximum Gasteiger partial charge on any atom is 0.309 e. The molecule has 0 fully saturated rings. The Hall–Kier alpha value is -2.09. The van der Waals surface area contributed by atoms with Gasteiger partial charge in [0, 0.05) is 0 Å². The molecule has 0 aliphatic heterocycles. The molecule has 218 valence electrons. The summed E-state index contributed by atoms with van der Waals surface area (Å²) < 4.78 is 0. The molecule has 0 aromatic heterocycles. The van der Waals surface area contributed by atoms with Crippen LogP contribution in [0.3, 0.4) is 0 Å². The first-order valence-electron chi connectivity index (χ1n) is 16.4. The van der Waals surface area contributed by atoms with Crippen molar-refractivity contribution in [1.82, 2.24) is 0 Å². The van der Waals surface area contributed by atoms with Crippen LogP contribution in [0.2, 0.25) is 0 Å². The number of fused-ring (bicyclic) bond motifs is 3. The van der Waals surface area contributed by atoms with Crippen molar-refractivity contribution in [1.29, 1.82) is 0 Å². The first-order chi connectivity index (χ1) is 19.0. The van der Waals surface area contributed by atoms with Crippen molar-refractivity contribution in [3.05, 3.63) is 59.7 Å². The molecule has 1 N–H and O–H groups in total. The molecule has 3 rings (SSSR count). The van der Waals surface area contributed by atoms with Crippen LogP contribution < -0.4 is 0 Å². The van der Waals surface area contributed by atoms with E-state index < -0.39 is 11.4 Å². The van der Waals surface area contributed by atoms with E-state index in [0.29, 0.717) is 0 Å².